The average molecular weight is 579 g/mol. The lowest BCUT2D eigenvalue weighted by Gasteiger charge is -2.60. The van der Waals surface area contributed by atoms with Gasteiger partial charge in [-0.25, -0.2) is 4.79 Å². The highest BCUT2D eigenvalue weighted by Gasteiger charge is 2.86. The maximum Gasteiger partial charge on any atom is 0.338 e. The van der Waals surface area contributed by atoms with Gasteiger partial charge in [0.25, 0.3) is 0 Å². The highest BCUT2D eigenvalue weighted by atomic mass is 16.7. The molecule has 0 aromatic rings. The van der Waals surface area contributed by atoms with Crippen LogP contribution in [0, 0.1) is 17.3 Å². The number of aliphatic hydroxyl groups is 2. The van der Waals surface area contributed by atoms with Crippen molar-refractivity contribution in [3.05, 3.63) is 23.3 Å². The molecular weight excluding hydrogens is 544 g/mol. The molecule has 3 aliphatic carbocycles. The molecule has 5 rings (SSSR count). The first-order valence-corrected chi connectivity index (χ1v) is 13.7. The van der Waals surface area contributed by atoms with Crippen LogP contribution in [0.15, 0.2) is 23.3 Å². The van der Waals surface area contributed by atoms with Crippen LogP contribution in [-0.4, -0.2) is 92.0 Å². The summed E-state index contributed by atoms with van der Waals surface area (Å²) in [5.74, 6) is -5.72. The Balaban J connectivity index is 1.55. The molecule has 2 aliphatic heterocycles. The van der Waals surface area contributed by atoms with E-state index in [1.807, 2.05) is 0 Å². The van der Waals surface area contributed by atoms with Gasteiger partial charge in [0.15, 0.2) is 11.7 Å². The van der Waals surface area contributed by atoms with Crippen LogP contribution in [0.1, 0.15) is 59.3 Å². The maximum atomic E-state index is 12.8. The number of carbonyl (C=O) groups excluding carboxylic acids is 3. The Morgan fingerprint density at radius 2 is 1.61 bits per heavy atom. The Labute approximate surface area is 235 Å². The van der Waals surface area contributed by atoms with Crippen molar-refractivity contribution in [3.8, 4) is 0 Å². The summed E-state index contributed by atoms with van der Waals surface area (Å²) in [6.45, 7) is 5.08. The van der Waals surface area contributed by atoms with Gasteiger partial charge in [-0.3, -0.25) is 19.2 Å². The maximum absolute atomic E-state index is 12.8. The van der Waals surface area contributed by atoms with Crippen molar-refractivity contribution in [1.82, 2.24) is 0 Å². The Kier molecular flexibility index (Phi) is 6.86. The number of cyclic esters (lactones) is 1. The topological polar surface area (TPSA) is 206 Å². The van der Waals surface area contributed by atoms with Gasteiger partial charge in [0, 0.05) is 5.41 Å². The van der Waals surface area contributed by atoms with E-state index in [1.54, 1.807) is 20.8 Å². The van der Waals surface area contributed by atoms with E-state index >= 15 is 0 Å². The van der Waals surface area contributed by atoms with Crippen molar-refractivity contribution >= 4 is 29.8 Å². The molecular formula is C28H34O13. The number of esters is 3. The van der Waals surface area contributed by atoms with E-state index in [0.29, 0.717) is 5.57 Å². The van der Waals surface area contributed by atoms with E-state index in [2.05, 4.69) is 0 Å². The number of ether oxygens (including phenoxy) is 4. The Morgan fingerprint density at radius 3 is 2.20 bits per heavy atom. The fraction of sp³-hybridized carbons (Fsp3) is 0.679. The molecule has 13 nitrogen and oxygen atoms in total. The van der Waals surface area contributed by atoms with Gasteiger partial charge >= 0.3 is 29.8 Å². The summed E-state index contributed by atoms with van der Waals surface area (Å²) in [5, 5.41) is 42.3. The summed E-state index contributed by atoms with van der Waals surface area (Å²) in [7, 11) is 0. The molecule has 41 heavy (non-hydrogen) atoms. The zero-order valence-corrected chi connectivity index (χ0v) is 23.0. The van der Waals surface area contributed by atoms with Gasteiger partial charge in [0.1, 0.15) is 23.9 Å². The number of hydrogen-bond donors (Lipinski definition) is 4. The predicted octanol–water partition coefficient (Wildman–Crippen LogP) is 0.649. The van der Waals surface area contributed by atoms with E-state index in [-0.39, 0.29) is 25.0 Å². The van der Waals surface area contributed by atoms with Gasteiger partial charge in [-0.2, -0.15) is 0 Å². The highest BCUT2D eigenvalue weighted by Crippen LogP contribution is 2.71. The smallest absolute Gasteiger partial charge is 0.338 e. The molecule has 224 valence electrons. The standard InChI is InChI=1S/C28H34O13/c1-13(2)26(36)8-9-27(37)25(3)11-16(39-20(33)6-4-18(29)30)22-14(12-38-23(22)35)15(25)10-17-28(27,41-17)24(26)40-21(34)7-5-19(31)32/h8-9,13,15-17,24,36-37H,4-7,10-12H2,1-3H3,(H,29,30)(H,31,32)/t15-,16-,17-,24+,25-,26+,27+,28+/m0/s1. The third kappa shape index (κ3) is 4.19. The molecule has 1 saturated carbocycles. The summed E-state index contributed by atoms with van der Waals surface area (Å²) in [6.07, 6.45) is -2.04. The summed E-state index contributed by atoms with van der Waals surface area (Å²) < 4.78 is 22.9. The van der Waals surface area contributed by atoms with Gasteiger partial charge in [-0.1, -0.05) is 32.9 Å². The summed E-state index contributed by atoms with van der Waals surface area (Å²) in [6, 6.07) is 0. The molecule has 0 radical (unpaired) electrons. The second kappa shape index (κ2) is 9.63. The molecule has 0 amide bonds. The molecule has 8 atom stereocenters. The molecule has 2 fully saturated rings. The molecule has 0 unspecified atom stereocenters. The summed E-state index contributed by atoms with van der Waals surface area (Å²) in [4.78, 5) is 60.1. The predicted molar refractivity (Wildman–Crippen MR) is 134 cm³/mol. The number of carbonyl (C=O) groups is 5. The zero-order valence-electron chi connectivity index (χ0n) is 23.0. The first-order chi connectivity index (χ1) is 19.1. The van der Waals surface area contributed by atoms with Crippen molar-refractivity contribution in [3.63, 3.8) is 0 Å². The van der Waals surface area contributed by atoms with Crippen LogP contribution in [0.3, 0.4) is 0 Å². The highest BCUT2D eigenvalue weighted by molar-refractivity contribution is 5.94. The minimum atomic E-state index is -1.90. The van der Waals surface area contributed by atoms with Crippen LogP contribution in [0.4, 0.5) is 0 Å². The molecule has 2 heterocycles. The quantitative estimate of drug-likeness (QED) is 0.128. The summed E-state index contributed by atoms with van der Waals surface area (Å²) in [5.41, 5.74) is -5.75. The van der Waals surface area contributed by atoms with Crippen molar-refractivity contribution in [2.45, 2.75) is 94.4 Å². The summed E-state index contributed by atoms with van der Waals surface area (Å²) >= 11 is 0. The lowest BCUT2D eigenvalue weighted by Crippen LogP contribution is -2.74. The number of aliphatic carboxylic acids is 2. The number of rotatable bonds is 9. The van der Waals surface area contributed by atoms with E-state index in [1.165, 1.54) is 12.2 Å². The second-order valence-electron chi connectivity index (χ2n) is 12.1. The monoisotopic (exact) mass is 578 g/mol. The van der Waals surface area contributed by atoms with E-state index in [4.69, 9.17) is 29.2 Å². The van der Waals surface area contributed by atoms with E-state index in [0.717, 1.165) is 0 Å². The van der Waals surface area contributed by atoms with Crippen LogP contribution < -0.4 is 0 Å². The average Bonchev–Trinajstić information content (AvgIpc) is 3.49. The third-order valence-corrected chi connectivity index (χ3v) is 9.66. The largest absolute Gasteiger partial charge is 0.481 e. The SMILES string of the molecule is CC(C)[C@]1(O)C=C[C@]2(O)[C@]3(O[C@H]3C[C@H]3C4=C(C(=O)OC4)[C@@H](OC(=O)CCC(=O)O)C[C@@]32C)[C@@H]1OC(=O)CCC(=O)O. The zero-order chi connectivity index (χ0) is 30.1. The number of carboxylic acids is 2. The minimum absolute atomic E-state index is 0.0666. The first kappa shape index (κ1) is 29.2. The van der Waals surface area contributed by atoms with Crippen LogP contribution in [0.25, 0.3) is 0 Å². The van der Waals surface area contributed by atoms with Crippen molar-refractivity contribution < 1.29 is 63.3 Å². The Hall–Kier alpha value is -3.29. The van der Waals surface area contributed by atoms with Crippen LogP contribution in [0.2, 0.25) is 0 Å². The molecule has 0 aromatic carbocycles. The van der Waals surface area contributed by atoms with E-state index < -0.39 is 108 Å². The van der Waals surface area contributed by atoms with Gasteiger partial charge < -0.3 is 39.4 Å². The second-order valence-corrected chi connectivity index (χ2v) is 12.1. The van der Waals surface area contributed by atoms with Crippen molar-refractivity contribution in [2.24, 2.45) is 17.3 Å². The number of hydrogen-bond acceptors (Lipinski definition) is 11. The Morgan fingerprint density at radius 1 is 1.00 bits per heavy atom. The normalized spacial score (nSPS) is 40.1. The number of carboxylic acid groups (broad SMARTS) is 2. The molecule has 0 aromatic heterocycles. The van der Waals surface area contributed by atoms with Crippen LogP contribution >= 0.6 is 0 Å². The van der Waals surface area contributed by atoms with Gasteiger partial charge in [-0.05, 0) is 30.3 Å². The minimum Gasteiger partial charge on any atom is -0.481 e. The first-order valence-electron chi connectivity index (χ1n) is 13.7. The molecule has 5 aliphatic rings. The van der Waals surface area contributed by atoms with Gasteiger partial charge in [0.2, 0.25) is 0 Å². The third-order valence-electron chi connectivity index (χ3n) is 9.66. The van der Waals surface area contributed by atoms with Crippen LogP contribution in [-0.2, 0) is 42.9 Å². The number of epoxide rings is 1. The van der Waals surface area contributed by atoms with E-state index in [9.17, 15) is 34.2 Å². The van der Waals surface area contributed by atoms with Gasteiger partial charge in [0.05, 0.1) is 37.4 Å². The fourth-order valence-electron chi connectivity index (χ4n) is 7.35. The lowest BCUT2D eigenvalue weighted by atomic mass is 9.45. The number of fused-ring (bicyclic) bond motifs is 3. The molecule has 1 spiro atoms. The molecule has 4 N–H and O–H groups in total. The Bertz CT molecular complexity index is 1270. The fourth-order valence-corrected chi connectivity index (χ4v) is 7.35. The van der Waals surface area contributed by atoms with Gasteiger partial charge in [-0.15, -0.1) is 0 Å². The van der Waals surface area contributed by atoms with Crippen molar-refractivity contribution in [2.75, 3.05) is 6.61 Å². The van der Waals surface area contributed by atoms with Crippen molar-refractivity contribution in [1.29, 1.82) is 0 Å². The molecule has 13 heteroatoms. The molecule has 0 bridgehead atoms. The molecule has 1 saturated heterocycles. The lowest BCUT2D eigenvalue weighted by molar-refractivity contribution is -0.225. The van der Waals surface area contributed by atoms with Crippen LogP contribution in [0.5, 0.6) is 0 Å².